The van der Waals surface area contributed by atoms with E-state index in [4.69, 9.17) is 27.9 Å². The van der Waals surface area contributed by atoms with Crippen molar-refractivity contribution in [2.24, 2.45) is 5.73 Å². The molecule has 1 saturated heterocycles. The van der Waals surface area contributed by atoms with Gasteiger partial charge in [-0.2, -0.15) is 4.98 Å². The average Bonchev–Trinajstić information content (AvgIpc) is 3.41. The normalized spacial score (nSPS) is 18.0. The van der Waals surface area contributed by atoms with Crippen LogP contribution in [0.2, 0.25) is 5.02 Å². The predicted octanol–water partition coefficient (Wildman–Crippen LogP) is 5.32. The molecule has 0 unspecified atom stereocenters. The number of hydrogen-bond donors (Lipinski definition) is 5. The summed E-state index contributed by atoms with van der Waals surface area (Å²) in [6.45, 7) is 2.48. The standard InChI is InChI=1S/C33H41ClFN7O2/c1-20(36)38-14-13-25-7-4-8-30(41(25)2)22-9-11-26(12-10-22)42-18-23-17-29(39-32(23)40-33(42)44)27-15-21(16-28(34)31(27)35)5-3-6-24(37)19-43/h9-12,15-18,24-25,30,43H,3-8,13-14,19,37H2,1-2H3,(H2,36,38)(H,39,40,44)/t24-,25+,30+/m1/s1. The van der Waals surface area contributed by atoms with Crippen LogP contribution in [-0.2, 0) is 6.42 Å². The number of halogens is 2. The number of aliphatic hydroxyl groups is 1. The molecule has 1 fully saturated rings. The molecule has 0 bridgehead atoms. The predicted molar refractivity (Wildman–Crippen MR) is 174 cm³/mol. The van der Waals surface area contributed by atoms with E-state index < -0.39 is 11.5 Å². The molecule has 0 radical (unpaired) electrons. The van der Waals surface area contributed by atoms with Gasteiger partial charge in [-0.15, -0.1) is 0 Å². The van der Waals surface area contributed by atoms with Gasteiger partial charge in [0, 0.05) is 41.8 Å². The van der Waals surface area contributed by atoms with Crippen LogP contribution in [0.1, 0.15) is 62.6 Å². The molecule has 11 heteroatoms. The van der Waals surface area contributed by atoms with Gasteiger partial charge < -0.3 is 21.1 Å². The summed E-state index contributed by atoms with van der Waals surface area (Å²) in [5.74, 6) is -0.0526. The fraction of sp³-hybridized carbons (Fsp3) is 0.424. The van der Waals surface area contributed by atoms with E-state index in [1.165, 1.54) is 10.1 Å². The molecule has 3 atom stereocenters. The molecule has 2 aromatic carbocycles. The van der Waals surface area contributed by atoms with Gasteiger partial charge >= 0.3 is 5.69 Å². The van der Waals surface area contributed by atoms with Crippen LogP contribution in [0, 0.1) is 11.2 Å². The monoisotopic (exact) mass is 621 g/mol. The summed E-state index contributed by atoms with van der Waals surface area (Å²) in [4.78, 5) is 22.8. The molecule has 0 amide bonds. The Kier molecular flexibility index (Phi) is 10.2. The van der Waals surface area contributed by atoms with E-state index >= 15 is 4.39 Å². The number of fused-ring (bicyclic) bond motifs is 1. The number of aryl methyl sites for hydroxylation is 1. The highest BCUT2D eigenvalue weighted by molar-refractivity contribution is 6.31. The summed E-state index contributed by atoms with van der Waals surface area (Å²) in [6.07, 6.45) is 8.08. The smallest absolute Gasteiger partial charge is 0.354 e. The molecule has 1 aliphatic rings. The number of H-pyrrole nitrogens is 1. The summed E-state index contributed by atoms with van der Waals surface area (Å²) in [6, 6.07) is 13.6. The summed E-state index contributed by atoms with van der Waals surface area (Å²) >= 11 is 6.25. The number of nitrogens with one attached hydrogen (secondary N) is 3. The fourth-order valence-corrected chi connectivity index (χ4v) is 6.45. The second-order valence-corrected chi connectivity index (χ2v) is 12.3. The highest BCUT2D eigenvalue weighted by Crippen LogP contribution is 2.35. The van der Waals surface area contributed by atoms with Crippen LogP contribution >= 0.6 is 11.6 Å². The average molecular weight is 622 g/mol. The first-order valence-corrected chi connectivity index (χ1v) is 15.6. The Balaban J connectivity index is 1.36. The number of aromatic nitrogens is 3. The van der Waals surface area contributed by atoms with Gasteiger partial charge in [-0.25, -0.2) is 9.18 Å². The van der Waals surface area contributed by atoms with Gasteiger partial charge in [0.15, 0.2) is 5.82 Å². The van der Waals surface area contributed by atoms with Crippen LogP contribution in [-0.4, -0.2) is 62.7 Å². The van der Waals surface area contributed by atoms with Crippen LogP contribution in [0.5, 0.6) is 0 Å². The minimum atomic E-state index is -0.545. The highest BCUT2D eigenvalue weighted by atomic mass is 35.5. The second-order valence-electron chi connectivity index (χ2n) is 11.9. The van der Waals surface area contributed by atoms with Crippen LogP contribution in [0.25, 0.3) is 28.0 Å². The van der Waals surface area contributed by atoms with E-state index in [0.29, 0.717) is 52.7 Å². The van der Waals surface area contributed by atoms with Gasteiger partial charge in [-0.3, -0.25) is 14.9 Å². The Labute approximate surface area is 261 Å². The number of nitrogens with two attached hydrogens (primary N) is 1. The Bertz CT molecular complexity index is 1670. The van der Waals surface area contributed by atoms with E-state index in [1.54, 1.807) is 31.3 Å². The third-order valence-corrected chi connectivity index (χ3v) is 8.94. The van der Waals surface area contributed by atoms with Crippen LogP contribution in [0.4, 0.5) is 4.39 Å². The van der Waals surface area contributed by atoms with E-state index in [2.05, 4.69) is 39.4 Å². The van der Waals surface area contributed by atoms with Crippen LogP contribution in [0.3, 0.4) is 0 Å². The van der Waals surface area contributed by atoms with Crippen molar-refractivity contribution in [2.45, 2.75) is 70.0 Å². The lowest BCUT2D eigenvalue weighted by Gasteiger charge is -2.40. The van der Waals surface area contributed by atoms with E-state index in [1.807, 2.05) is 12.1 Å². The van der Waals surface area contributed by atoms with Crippen molar-refractivity contribution >= 4 is 28.5 Å². The van der Waals surface area contributed by atoms with Gasteiger partial charge in [0.05, 0.1) is 28.8 Å². The molecule has 4 aromatic rings. The van der Waals surface area contributed by atoms with E-state index in [0.717, 1.165) is 44.2 Å². The van der Waals surface area contributed by atoms with Crippen LogP contribution in [0.15, 0.2) is 53.5 Å². The molecule has 2 aromatic heterocycles. The lowest BCUT2D eigenvalue weighted by molar-refractivity contribution is 0.109. The highest BCUT2D eigenvalue weighted by Gasteiger charge is 2.28. The summed E-state index contributed by atoms with van der Waals surface area (Å²) in [5, 5.41) is 20.6. The molecule has 6 N–H and O–H groups in total. The molecule has 234 valence electrons. The molecule has 0 saturated carbocycles. The zero-order valence-corrected chi connectivity index (χ0v) is 26.0. The Hall–Kier alpha value is -3.57. The summed E-state index contributed by atoms with van der Waals surface area (Å²) in [5.41, 5.74) is 9.29. The maximum atomic E-state index is 15.2. The third kappa shape index (κ3) is 7.21. The van der Waals surface area contributed by atoms with Crippen molar-refractivity contribution in [2.75, 3.05) is 20.2 Å². The van der Waals surface area contributed by atoms with Crippen molar-refractivity contribution in [3.05, 3.63) is 81.1 Å². The molecular weight excluding hydrogens is 581 g/mol. The molecule has 5 rings (SSSR count). The first kappa shape index (κ1) is 31.8. The lowest BCUT2D eigenvalue weighted by atomic mass is 9.90. The number of amidine groups is 1. The summed E-state index contributed by atoms with van der Waals surface area (Å²) < 4.78 is 16.7. The maximum absolute atomic E-state index is 15.2. The molecule has 0 aliphatic carbocycles. The topological polar surface area (TPSA) is 136 Å². The number of aromatic amines is 1. The van der Waals surface area contributed by atoms with Crippen LogP contribution < -0.4 is 16.7 Å². The number of aliphatic hydroxyl groups excluding tert-OH is 1. The number of nitrogens with zero attached hydrogens (tertiary/aromatic N) is 3. The molecule has 9 nitrogen and oxygen atoms in total. The molecule has 0 spiro atoms. The van der Waals surface area contributed by atoms with Crippen molar-refractivity contribution in [1.82, 2.24) is 24.8 Å². The number of hydrogen-bond acceptors (Lipinski definition) is 6. The number of rotatable bonds is 11. The Morgan fingerprint density at radius 1 is 1.27 bits per heavy atom. The van der Waals surface area contributed by atoms with Gasteiger partial charge in [-0.05, 0) is 100 Å². The zero-order valence-electron chi connectivity index (χ0n) is 25.2. The first-order valence-electron chi connectivity index (χ1n) is 15.2. The van der Waals surface area contributed by atoms with Gasteiger partial charge in [-0.1, -0.05) is 23.7 Å². The maximum Gasteiger partial charge on any atom is 0.354 e. The van der Waals surface area contributed by atoms with Gasteiger partial charge in [0.25, 0.3) is 0 Å². The summed E-state index contributed by atoms with van der Waals surface area (Å²) in [7, 11) is 2.17. The molecular formula is C33H41ClFN7O2. The minimum absolute atomic E-state index is 0.0169. The SMILES string of the molecule is CC(=N)NCC[C@@H]1CCC[C@@H](c2ccc(-n3cc4cc(-c5cc(CCC[C@@H](N)CO)cc(Cl)c5F)[nH]c4nc3=O)cc2)N1C. The second kappa shape index (κ2) is 14.0. The van der Waals surface area contributed by atoms with Crippen molar-refractivity contribution < 1.29 is 9.50 Å². The number of piperidine rings is 1. The van der Waals surface area contributed by atoms with Crippen molar-refractivity contribution in [3.8, 4) is 16.9 Å². The molecule has 3 heterocycles. The van der Waals surface area contributed by atoms with Gasteiger partial charge in [0.2, 0.25) is 0 Å². The van der Waals surface area contributed by atoms with Gasteiger partial charge in [0.1, 0.15) is 5.65 Å². The van der Waals surface area contributed by atoms with E-state index in [-0.39, 0.29) is 23.7 Å². The Morgan fingerprint density at radius 3 is 2.77 bits per heavy atom. The third-order valence-electron chi connectivity index (χ3n) is 8.67. The number of likely N-dealkylation sites (tertiary alicyclic amines) is 1. The molecule has 1 aliphatic heterocycles. The van der Waals surface area contributed by atoms with Crippen molar-refractivity contribution in [1.29, 1.82) is 5.41 Å². The number of benzene rings is 2. The minimum Gasteiger partial charge on any atom is -0.395 e. The zero-order chi connectivity index (χ0) is 31.4. The molecule has 44 heavy (non-hydrogen) atoms. The lowest BCUT2D eigenvalue weighted by Crippen LogP contribution is -2.40. The van der Waals surface area contributed by atoms with Crippen molar-refractivity contribution in [3.63, 3.8) is 0 Å². The largest absolute Gasteiger partial charge is 0.395 e. The quantitative estimate of drug-likeness (QED) is 0.114. The van der Waals surface area contributed by atoms with E-state index in [9.17, 15) is 4.79 Å². The first-order chi connectivity index (χ1) is 21.1. The Morgan fingerprint density at radius 2 is 2.05 bits per heavy atom. The fourth-order valence-electron chi connectivity index (χ4n) is 6.21.